The fraction of sp³-hybridized carbons (Fsp3) is 0.100. The average Bonchev–Trinajstić information content (AvgIpc) is 2.25. The molecule has 0 saturated heterocycles. The summed E-state index contributed by atoms with van der Waals surface area (Å²) in [6, 6.07) is 5.94. The van der Waals surface area contributed by atoms with Gasteiger partial charge < -0.3 is 5.32 Å². The van der Waals surface area contributed by atoms with E-state index in [9.17, 15) is 10.1 Å². The summed E-state index contributed by atoms with van der Waals surface area (Å²) in [6.07, 6.45) is 5.04. The lowest BCUT2D eigenvalue weighted by molar-refractivity contribution is -0.385. The molecule has 1 N–H and O–H groups in total. The molecule has 0 aliphatic carbocycles. The molecule has 74 valence electrons. The van der Waals surface area contributed by atoms with Crippen molar-refractivity contribution in [1.29, 1.82) is 5.26 Å². The molecule has 0 atom stereocenters. The van der Waals surface area contributed by atoms with Crippen LogP contribution in [-0.4, -0.2) is 11.5 Å². The molecule has 0 aliphatic heterocycles. The van der Waals surface area contributed by atoms with Gasteiger partial charge in [-0.25, -0.2) is 0 Å². The number of benzene rings is 1. The number of nitro benzene ring substituents is 1. The van der Waals surface area contributed by atoms with Gasteiger partial charge in [0.15, 0.2) is 0 Å². The average molecular weight is 201 g/mol. The molecular formula is C10H7N3O2. The van der Waals surface area contributed by atoms with Gasteiger partial charge in [-0.2, -0.15) is 5.26 Å². The fourth-order valence-corrected chi connectivity index (χ4v) is 1.05. The van der Waals surface area contributed by atoms with Crippen LogP contribution in [0.1, 0.15) is 5.56 Å². The van der Waals surface area contributed by atoms with E-state index in [0.29, 0.717) is 12.2 Å². The highest BCUT2D eigenvalue weighted by atomic mass is 16.6. The van der Waals surface area contributed by atoms with Gasteiger partial charge in [-0.3, -0.25) is 10.1 Å². The van der Waals surface area contributed by atoms with Gasteiger partial charge in [0, 0.05) is 11.8 Å². The Morgan fingerprint density at radius 1 is 1.60 bits per heavy atom. The zero-order chi connectivity index (χ0) is 11.3. The summed E-state index contributed by atoms with van der Waals surface area (Å²) in [7, 11) is 0. The third-order valence-electron chi connectivity index (χ3n) is 1.71. The highest BCUT2D eigenvalue weighted by molar-refractivity contribution is 5.58. The van der Waals surface area contributed by atoms with E-state index in [1.807, 2.05) is 0 Å². The molecule has 0 saturated carbocycles. The second-order valence-electron chi connectivity index (χ2n) is 2.66. The third kappa shape index (κ3) is 2.45. The second kappa shape index (κ2) is 4.64. The SMILES string of the molecule is C#CCNc1ccc([N+](=O)[O-])c(C#N)c1. The zero-order valence-corrected chi connectivity index (χ0v) is 7.73. The Kier molecular flexibility index (Phi) is 3.26. The number of nitrogens with zero attached hydrogens (tertiary/aromatic N) is 2. The molecule has 0 radical (unpaired) electrons. The van der Waals surface area contributed by atoms with Crippen molar-refractivity contribution in [3.63, 3.8) is 0 Å². The van der Waals surface area contributed by atoms with E-state index in [1.54, 1.807) is 6.07 Å². The van der Waals surface area contributed by atoms with Crippen molar-refractivity contribution in [2.75, 3.05) is 11.9 Å². The lowest BCUT2D eigenvalue weighted by Gasteiger charge is -2.02. The number of hydrogen-bond acceptors (Lipinski definition) is 4. The van der Waals surface area contributed by atoms with Crippen molar-refractivity contribution in [2.45, 2.75) is 0 Å². The van der Waals surface area contributed by atoms with Gasteiger partial charge in [0.25, 0.3) is 5.69 Å². The van der Waals surface area contributed by atoms with Crippen LogP contribution in [0, 0.1) is 33.8 Å². The minimum Gasteiger partial charge on any atom is -0.374 e. The highest BCUT2D eigenvalue weighted by Gasteiger charge is 2.13. The van der Waals surface area contributed by atoms with Crippen LogP contribution < -0.4 is 5.32 Å². The molecule has 0 aliphatic rings. The van der Waals surface area contributed by atoms with Crippen LogP contribution in [0.5, 0.6) is 0 Å². The van der Waals surface area contributed by atoms with Gasteiger partial charge >= 0.3 is 0 Å². The van der Waals surface area contributed by atoms with E-state index in [1.165, 1.54) is 18.2 Å². The summed E-state index contributed by atoms with van der Waals surface area (Å²) in [4.78, 5) is 9.91. The van der Waals surface area contributed by atoms with E-state index in [2.05, 4.69) is 11.2 Å². The Hall–Kier alpha value is -2.53. The maximum absolute atomic E-state index is 10.5. The predicted molar refractivity (Wildman–Crippen MR) is 55.1 cm³/mol. The van der Waals surface area contributed by atoms with E-state index < -0.39 is 4.92 Å². The molecule has 1 rings (SSSR count). The number of nitro groups is 1. The van der Waals surface area contributed by atoms with E-state index >= 15 is 0 Å². The van der Waals surface area contributed by atoms with E-state index in [4.69, 9.17) is 11.7 Å². The molecule has 0 fully saturated rings. The van der Waals surface area contributed by atoms with Crippen LogP contribution in [0.15, 0.2) is 18.2 Å². The molecule has 5 heteroatoms. The van der Waals surface area contributed by atoms with Crippen LogP contribution in [0.3, 0.4) is 0 Å². The van der Waals surface area contributed by atoms with Gasteiger partial charge in [0.1, 0.15) is 11.6 Å². The van der Waals surface area contributed by atoms with E-state index in [-0.39, 0.29) is 11.3 Å². The summed E-state index contributed by atoms with van der Waals surface area (Å²) < 4.78 is 0. The number of terminal acetylenes is 1. The van der Waals surface area contributed by atoms with Crippen molar-refractivity contribution in [2.24, 2.45) is 0 Å². The van der Waals surface area contributed by atoms with E-state index in [0.717, 1.165) is 0 Å². The van der Waals surface area contributed by atoms with Crippen molar-refractivity contribution in [3.8, 4) is 18.4 Å². The monoisotopic (exact) mass is 201 g/mol. The van der Waals surface area contributed by atoms with Crippen molar-refractivity contribution >= 4 is 11.4 Å². The molecule has 0 spiro atoms. The quantitative estimate of drug-likeness (QED) is 0.456. The minimum atomic E-state index is -0.594. The first-order valence-corrected chi connectivity index (χ1v) is 4.05. The van der Waals surface area contributed by atoms with Gasteiger partial charge in [0.2, 0.25) is 0 Å². The van der Waals surface area contributed by atoms with Crippen LogP contribution in [0.4, 0.5) is 11.4 Å². The molecule has 15 heavy (non-hydrogen) atoms. The lowest BCUT2D eigenvalue weighted by Crippen LogP contribution is -2.00. The summed E-state index contributed by atoms with van der Waals surface area (Å²) in [5.74, 6) is 2.36. The third-order valence-corrected chi connectivity index (χ3v) is 1.71. The van der Waals surface area contributed by atoms with Gasteiger partial charge in [-0.1, -0.05) is 5.92 Å². The van der Waals surface area contributed by atoms with Crippen molar-refractivity contribution in [1.82, 2.24) is 0 Å². The van der Waals surface area contributed by atoms with Crippen LogP contribution in [0.2, 0.25) is 0 Å². The molecule has 0 heterocycles. The molecule has 0 aromatic heterocycles. The van der Waals surface area contributed by atoms with Gasteiger partial charge in [-0.05, 0) is 12.1 Å². The topological polar surface area (TPSA) is 79.0 Å². The Bertz CT molecular complexity index is 469. The number of anilines is 1. The Labute approximate surface area is 86.5 Å². The Morgan fingerprint density at radius 2 is 2.33 bits per heavy atom. The Morgan fingerprint density at radius 3 is 2.87 bits per heavy atom. The number of hydrogen-bond donors (Lipinski definition) is 1. The van der Waals surface area contributed by atoms with Crippen LogP contribution >= 0.6 is 0 Å². The highest BCUT2D eigenvalue weighted by Crippen LogP contribution is 2.21. The van der Waals surface area contributed by atoms with Crippen molar-refractivity contribution in [3.05, 3.63) is 33.9 Å². The molecular weight excluding hydrogens is 194 g/mol. The zero-order valence-electron chi connectivity index (χ0n) is 7.73. The standard InChI is InChI=1S/C10H7N3O2/c1-2-5-12-9-3-4-10(13(14)15)8(6-9)7-11/h1,3-4,6,12H,5H2. The summed E-state index contributed by atoms with van der Waals surface area (Å²) in [5, 5.41) is 22.0. The first-order valence-electron chi connectivity index (χ1n) is 4.05. The smallest absolute Gasteiger partial charge is 0.287 e. The molecule has 0 amide bonds. The molecule has 1 aromatic carbocycles. The maximum Gasteiger partial charge on any atom is 0.287 e. The summed E-state index contributed by atoms with van der Waals surface area (Å²) in [6.45, 7) is 0.308. The summed E-state index contributed by atoms with van der Waals surface area (Å²) in [5.41, 5.74) is 0.404. The van der Waals surface area contributed by atoms with Crippen LogP contribution in [-0.2, 0) is 0 Å². The normalized spacial score (nSPS) is 8.67. The molecule has 5 nitrogen and oxygen atoms in total. The minimum absolute atomic E-state index is 0.0158. The summed E-state index contributed by atoms with van der Waals surface area (Å²) >= 11 is 0. The Balaban J connectivity index is 3.05. The molecule has 0 bridgehead atoms. The van der Waals surface area contributed by atoms with Gasteiger partial charge in [-0.15, -0.1) is 6.42 Å². The van der Waals surface area contributed by atoms with Crippen molar-refractivity contribution < 1.29 is 4.92 Å². The first kappa shape index (κ1) is 10.6. The number of nitriles is 1. The predicted octanol–water partition coefficient (Wildman–Crippen LogP) is 1.51. The van der Waals surface area contributed by atoms with Crippen LogP contribution in [0.25, 0.3) is 0 Å². The molecule has 0 unspecified atom stereocenters. The van der Waals surface area contributed by atoms with Gasteiger partial charge in [0.05, 0.1) is 11.5 Å². The fourth-order valence-electron chi connectivity index (χ4n) is 1.05. The second-order valence-corrected chi connectivity index (χ2v) is 2.66. The lowest BCUT2D eigenvalue weighted by atomic mass is 10.2. The number of nitrogens with one attached hydrogen (secondary N) is 1. The number of rotatable bonds is 3. The maximum atomic E-state index is 10.5. The largest absolute Gasteiger partial charge is 0.374 e. The first-order chi connectivity index (χ1) is 7.19. The molecule has 1 aromatic rings.